The zero-order chi connectivity index (χ0) is 39.6. The highest BCUT2D eigenvalue weighted by molar-refractivity contribution is 5.96. The fourth-order valence-corrected chi connectivity index (χ4v) is 6.98. The predicted octanol–water partition coefficient (Wildman–Crippen LogP) is 0.811. The quantitative estimate of drug-likeness (QED) is 0.117. The highest BCUT2D eigenvalue weighted by atomic mass is 19.4. The number of hydrogen-bond acceptors (Lipinski definition) is 14. The summed E-state index contributed by atoms with van der Waals surface area (Å²) in [4.78, 5) is 71.8. The van der Waals surface area contributed by atoms with E-state index in [-0.39, 0.29) is 32.6 Å². The monoisotopic (exact) mass is 771 g/mol. The van der Waals surface area contributed by atoms with Crippen LogP contribution in [0.3, 0.4) is 0 Å². The Kier molecular flexibility index (Phi) is 12.4. The molecule has 3 saturated heterocycles. The Morgan fingerprint density at radius 1 is 1.09 bits per heavy atom. The first kappa shape index (κ1) is 41.0. The van der Waals surface area contributed by atoms with Crippen molar-refractivity contribution in [1.29, 1.82) is 0 Å². The third-order valence-electron chi connectivity index (χ3n) is 9.34. The van der Waals surface area contributed by atoms with Crippen molar-refractivity contribution in [3.63, 3.8) is 0 Å². The molecule has 1 aromatic carbocycles. The van der Waals surface area contributed by atoms with E-state index in [4.69, 9.17) is 23.8 Å². The molecule has 1 aliphatic carbocycles. The Morgan fingerprint density at radius 3 is 2.41 bits per heavy atom. The van der Waals surface area contributed by atoms with Crippen molar-refractivity contribution in [3.05, 3.63) is 41.5 Å². The molecule has 1 aromatic rings. The first-order chi connectivity index (χ1) is 25.3. The van der Waals surface area contributed by atoms with Gasteiger partial charge in [0.15, 0.2) is 12.6 Å². The molecule has 9 atom stereocenters. The minimum Gasteiger partial charge on any atom is -0.460 e. The van der Waals surface area contributed by atoms with Gasteiger partial charge in [0.25, 0.3) is 0 Å². The average Bonchev–Trinajstić information content (AvgIpc) is 3.71. The first-order valence-corrected chi connectivity index (χ1v) is 17.3. The maximum atomic E-state index is 14.5. The molecule has 4 aliphatic rings. The summed E-state index contributed by atoms with van der Waals surface area (Å²) in [7, 11) is 0. The van der Waals surface area contributed by atoms with E-state index in [1.807, 2.05) is 0 Å². The maximum Gasteiger partial charge on any atom is 0.422 e. The number of carbonyl (C=O) groups excluding carboxylic acids is 5. The first-order valence-electron chi connectivity index (χ1n) is 17.3. The molecule has 1 saturated carbocycles. The van der Waals surface area contributed by atoms with Crippen LogP contribution in [-0.2, 0) is 59.0 Å². The third kappa shape index (κ3) is 9.38. The van der Waals surface area contributed by atoms with Gasteiger partial charge in [0.2, 0.25) is 11.8 Å². The number of aliphatic hydroxyl groups is 2. The molecule has 5 rings (SSSR count). The summed E-state index contributed by atoms with van der Waals surface area (Å²) in [6.45, 7) is 3.88. The second kappa shape index (κ2) is 16.3. The molecule has 2 bridgehead atoms. The molecule has 19 heteroatoms. The second-order valence-corrected chi connectivity index (χ2v) is 14.6. The van der Waals surface area contributed by atoms with Crippen molar-refractivity contribution >= 4 is 35.8 Å². The van der Waals surface area contributed by atoms with Crippen LogP contribution in [-0.4, -0.2) is 125 Å². The zero-order valence-electron chi connectivity index (χ0n) is 30.0. The predicted molar refractivity (Wildman–Crippen MR) is 176 cm³/mol. The molecule has 3 heterocycles. The highest BCUT2D eigenvalue weighted by Gasteiger charge is 2.74. The normalized spacial score (nSPS) is 28.1. The average molecular weight is 772 g/mol. The van der Waals surface area contributed by atoms with Crippen LogP contribution in [0.15, 0.2) is 30.3 Å². The van der Waals surface area contributed by atoms with Crippen molar-refractivity contribution in [1.82, 2.24) is 15.7 Å². The summed E-state index contributed by atoms with van der Waals surface area (Å²) in [5.41, 5.74) is -1.40. The summed E-state index contributed by atoms with van der Waals surface area (Å²) >= 11 is 0. The molecule has 2 amide bonds. The lowest BCUT2D eigenvalue weighted by Gasteiger charge is -2.49. The number of carbonyl (C=O) groups is 5. The van der Waals surface area contributed by atoms with E-state index >= 15 is 0 Å². The number of rotatable bonds is 14. The van der Waals surface area contributed by atoms with Crippen LogP contribution < -0.4 is 10.6 Å². The number of nitrogens with zero attached hydrogens (tertiary/aromatic N) is 1. The molecular weight excluding hydrogens is 727 g/mol. The Morgan fingerprint density at radius 2 is 1.78 bits per heavy atom. The van der Waals surface area contributed by atoms with Gasteiger partial charge < -0.3 is 44.5 Å². The maximum absolute atomic E-state index is 14.5. The summed E-state index contributed by atoms with van der Waals surface area (Å²) in [5.74, 6) is -4.17. The van der Waals surface area contributed by atoms with E-state index in [9.17, 15) is 47.4 Å². The van der Waals surface area contributed by atoms with Gasteiger partial charge in [-0.1, -0.05) is 24.3 Å². The third-order valence-corrected chi connectivity index (χ3v) is 9.34. The molecule has 3 aliphatic heterocycles. The lowest BCUT2D eigenvalue weighted by atomic mass is 9.62. The van der Waals surface area contributed by atoms with Crippen molar-refractivity contribution in [3.8, 4) is 0 Å². The van der Waals surface area contributed by atoms with Crippen LogP contribution in [0, 0.1) is 5.41 Å². The number of nitrogens with one attached hydrogen (secondary N) is 2. The van der Waals surface area contributed by atoms with Gasteiger partial charge in [-0.25, -0.2) is 4.79 Å². The van der Waals surface area contributed by atoms with Gasteiger partial charge in [0.05, 0.1) is 25.3 Å². The highest BCUT2D eigenvalue weighted by Crippen LogP contribution is 2.55. The standard InChI is InChI=1S/C35H44F3N3O13/c1-18(43)25(30(46)39-21(15-42)10-12-24(45)53-33(2,3)4)40-32(48)34-13-22-26-27(51-17-50-26)29(34)54-41(28(34)31(47)52-22)14-20-7-5-19(6-8-20)9-11-23(44)49-16-35(36,37)38/h5-9,11,18,21-22,25-29,42-43H,10,12-17H2,1-4H3,(H,39,46)(H,40,48)/t18-,21-,22+,25+,26-,27-,28-,29+,34-/m0/s1. The minimum atomic E-state index is -4.66. The number of amides is 2. The summed E-state index contributed by atoms with van der Waals surface area (Å²) in [6.07, 6.45) is -7.78. The molecule has 4 N–H and O–H groups in total. The van der Waals surface area contributed by atoms with Crippen LogP contribution in [0.25, 0.3) is 6.08 Å². The van der Waals surface area contributed by atoms with E-state index in [2.05, 4.69) is 15.4 Å². The number of fused-ring (bicyclic) bond motifs is 4. The summed E-state index contributed by atoms with van der Waals surface area (Å²) in [5, 5.41) is 27.0. The molecular formula is C35H44F3N3O13. The molecule has 4 fully saturated rings. The van der Waals surface area contributed by atoms with Crippen LogP contribution in [0.5, 0.6) is 0 Å². The Hall–Kier alpha value is -4.14. The summed E-state index contributed by atoms with van der Waals surface area (Å²) < 4.78 is 63.7. The number of ether oxygens (including phenoxy) is 5. The van der Waals surface area contributed by atoms with Gasteiger partial charge in [-0.3, -0.25) is 24.0 Å². The van der Waals surface area contributed by atoms with Gasteiger partial charge in [-0.05, 0) is 51.3 Å². The number of hydrogen-bond donors (Lipinski definition) is 4. The number of alkyl halides is 3. The van der Waals surface area contributed by atoms with Gasteiger partial charge in [0.1, 0.15) is 48.3 Å². The number of aliphatic hydroxyl groups excluding tert-OH is 2. The fourth-order valence-electron chi connectivity index (χ4n) is 6.98. The molecule has 0 unspecified atom stereocenters. The lowest BCUT2D eigenvalue weighted by molar-refractivity contribution is -0.201. The van der Waals surface area contributed by atoms with Crippen LogP contribution >= 0.6 is 0 Å². The number of halogens is 3. The summed E-state index contributed by atoms with van der Waals surface area (Å²) in [6, 6.07) is 2.53. The van der Waals surface area contributed by atoms with Crippen molar-refractivity contribution in [2.24, 2.45) is 5.41 Å². The number of esters is 3. The van der Waals surface area contributed by atoms with Gasteiger partial charge in [-0.15, -0.1) is 0 Å². The van der Waals surface area contributed by atoms with E-state index in [1.54, 1.807) is 45.0 Å². The molecule has 16 nitrogen and oxygen atoms in total. The molecule has 0 radical (unpaired) electrons. The van der Waals surface area contributed by atoms with Gasteiger partial charge in [-0.2, -0.15) is 18.2 Å². The molecule has 54 heavy (non-hydrogen) atoms. The largest absolute Gasteiger partial charge is 0.460 e. The van der Waals surface area contributed by atoms with Crippen molar-refractivity contribution < 1.29 is 75.9 Å². The zero-order valence-corrected chi connectivity index (χ0v) is 30.0. The van der Waals surface area contributed by atoms with Crippen LogP contribution in [0.1, 0.15) is 58.1 Å². The number of hydroxylamine groups is 2. The van der Waals surface area contributed by atoms with Gasteiger partial charge in [0, 0.05) is 18.9 Å². The van der Waals surface area contributed by atoms with E-state index in [1.165, 1.54) is 18.1 Å². The SMILES string of the molecule is C[C@H](O)[C@@H](NC(=O)[C@@]12C[C@H]3OC(=O)[C@@H]1N(Cc1ccc(C=CC(=O)OCC(F)(F)F)cc1)O[C@@H]2[C@H]1OCO[C@H]13)C(=O)N[C@H](CO)CCC(=O)OC(C)(C)C. The Balaban J connectivity index is 1.32. The van der Waals surface area contributed by atoms with Gasteiger partial charge >= 0.3 is 24.1 Å². The molecule has 0 aromatic heterocycles. The van der Waals surface area contributed by atoms with Crippen molar-refractivity contribution in [2.75, 3.05) is 20.0 Å². The van der Waals surface area contributed by atoms with E-state index in [0.29, 0.717) is 11.1 Å². The van der Waals surface area contributed by atoms with Crippen LogP contribution in [0.2, 0.25) is 0 Å². The smallest absolute Gasteiger partial charge is 0.422 e. The minimum absolute atomic E-state index is 0.00814. The topological polar surface area (TPSA) is 208 Å². The number of benzene rings is 1. The van der Waals surface area contributed by atoms with E-state index in [0.717, 1.165) is 6.08 Å². The molecule has 0 spiro atoms. The Labute approximate surface area is 308 Å². The Bertz CT molecular complexity index is 1600. The molecule has 298 valence electrons. The van der Waals surface area contributed by atoms with E-state index < -0.39 is 109 Å². The second-order valence-electron chi connectivity index (χ2n) is 14.6. The lowest BCUT2D eigenvalue weighted by Crippen LogP contribution is -2.71. The van der Waals surface area contributed by atoms with Crippen LogP contribution in [0.4, 0.5) is 13.2 Å². The fraction of sp³-hybridized carbons (Fsp3) is 0.629. The van der Waals surface area contributed by atoms with Crippen molar-refractivity contribution in [2.45, 2.75) is 114 Å².